The van der Waals surface area contributed by atoms with Crippen molar-refractivity contribution >= 4 is 33.1 Å². The van der Waals surface area contributed by atoms with Crippen molar-refractivity contribution in [1.82, 2.24) is 15.0 Å². The molecule has 3 heterocycles. The lowest BCUT2D eigenvalue weighted by atomic mass is 10.2. The maximum Gasteiger partial charge on any atom is 0.213 e. The standard InChI is InChI=1S/C14H14N4OS/c1-8-9(2)20-14-12(8)13(16-7-17-14)18-10-4-5-11(19-3)15-6-10/h4-7H,1-3H3,(H,16,17,18). The van der Waals surface area contributed by atoms with Gasteiger partial charge in [-0.3, -0.25) is 0 Å². The van der Waals surface area contributed by atoms with Crippen molar-refractivity contribution in [3.05, 3.63) is 35.1 Å². The van der Waals surface area contributed by atoms with Crippen molar-refractivity contribution in [3.8, 4) is 5.88 Å². The van der Waals surface area contributed by atoms with Gasteiger partial charge in [0.15, 0.2) is 0 Å². The Kier molecular flexibility index (Phi) is 3.23. The highest BCUT2D eigenvalue weighted by Gasteiger charge is 2.12. The Balaban J connectivity index is 2.01. The Bertz CT molecular complexity index is 752. The largest absolute Gasteiger partial charge is 0.481 e. The number of aromatic nitrogens is 3. The maximum absolute atomic E-state index is 5.05. The van der Waals surface area contributed by atoms with E-state index in [-0.39, 0.29) is 0 Å². The minimum atomic E-state index is 0.589. The summed E-state index contributed by atoms with van der Waals surface area (Å²) in [5.41, 5.74) is 2.09. The number of methoxy groups -OCH3 is 1. The molecule has 3 rings (SSSR count). The number of ether oxygens (including phenoxy) is 1. The molecule has 5 nitrogen and oxygen atoms in total. The minimum Gasteiger partial charge on any atom is -0.481 e. The third-order valence-electron chi connectivity index (χ3n) is 3.17. The molecule has 0 spiro atoms. The molecular weight excluding hydrogens is 272 g/mol. The Labute approximate surface area is 120 Å². The van der Waals surface area contributed by atoms with Crippen LogP contribution in [0.25, 0.3) is 10.2 Å². The molecule has 102 valence electrons. The molecule has 0 aliphatic heterocycles. The number of anilines is 2. The Morgan fingerprint density at radius 2 is 2.00 bits per heavy atom. The molecule has 3 aromatic rings. The van der Waals surface area contributed by atoms with Crippen molar-refractivity contribution in [3.63, 3.8) is 0 Å². The van der Waals surface area contributed by atoms with Gasteiger partial charge in [0.05, 0.1) is 24.4 Å². The molecule has 0 atom stereocenters. The summed E-state index contributed by atoms with van der Waals surface area (Å²) in [5, 5.41) is 4.36. The molecule has 20 heavy (non-hydrogen) atoms. The molecule has 0 aliphatic rings. The number of hydrogen-bond donors (Lipinski definition) is 1. The van der Waals surface area contributed by atoms with Crippen LogP contribution in [-0.4, -0.2) is 22.1 Å². The molecule has 6 heteroatoms. The monoisotopic (exact) mass is 286 g/mol. The van der Waals surface area contributed by atoms with Crippen LogP contribution >= 0.6 is 11.3 Å². The van der Waals surface area contributed by atoms with Gasteiger partial charge in [0.2, 0.25) is 5.88 Å². The lowest BCUT2D eigenvalue weighted by Gasteiger charge is -2.07. The number of thiophene rings is 1. The highest BCUT2D eigenvalue weighted by Crippen LogP contribution is 2.33. The summed E-state index contributed by atoms with van der Waals surface area (Å²) in [6.07, 6.45) is 3.30. The van der Waals surface area contributed by atoms with E-state index >= 15 is 0 Å². The highest BCUT2D eigenvalue weighted by atomic mass is 32.1. The fraction of sp³-hybridized carbons (Fsp3) is 0.214. The topological polar surface area (TPSA) is 59.9 Å². The van der Waals surface area contributed by atoms with Crippen LogP contribution in [0.5, 0.6) is 5.88 Å². The second kappa shape index (κ2) is 5.05. The average Bonchev–Trinajstić information content (AvgIpc) is 2.76. The summed E-state index contributed by atoms with van der Waals surface area (Å²) < 4.78 is 5.05. The minimum absolute atomic E-state index is 0.589. The molecule has 0 bridgehead atoms. The molecule has 0 radical (unpaired) electrons. The molecule has 0 aromatic carbocycles. The van der Waals surface area contributed by atoms with Crippen LogP contribution in [0.15, 0.2) is 24.7 Å². The molecule has 3 aromatic heterocycles. The van der Waals surface area contributed by atoms with Crippen molar-refractivity contribution in [2.24, 2.45) is 0 Å². The third-order valence-corrected chi connectivity index (χ3v) is 4.29. The number of fused-ring (bicyclic) bond motifs is 1. The average molecular weight is 286 g/mol. The zero-order valence-corrected chi connectivity index (χ0v) is 12.3. The maximum atomic E-state index is 5.05. The normalized spacial score (nSPS) is 10.8. The van der Waals surface area contributed by atoms with E-state index in [1.165, 1.54) is 10.4 Å². The van der Waals surface area contributed by atoms with Gasteiger partial charge in [-0.2, -0.15) is 0 Å². The van der Waals surface area contributed by atoms with Crippen molar-refractivity contribution in [2.45, 2.75) is 13.8 Å². The van der Waals surface area contributed by atoms with Gasteiger partial charge < -0.3 is 10.1 Å². The summed E-state index contributed by atoms with van der Waals surface area (Å²) in [4.78, 5) is 15.1. The van der Waals surface area contributed by atoms with Gasteiger partial charge in [-0.15, -0.1) is 11.3 Å². The first kappa shape index (κ1) is 12.8. The number of hydrogen-bond acceptors (Lipinski definition) is 6. The van der Waals surface area contributed by atoms with Crippen LogP contribution in [0, 0.1) is 13.8 Å². The number of rotatable bonds is 3. The summed E-state index contributed by atoms with van der Waals surface area (Å²) in [7, 11) is 1.60. The first-order valence-corrected chi connectivity index (χ1v) is 6.98. The van der Waals surface area contributed by atoms with Gasteiger partial charge in [0, 0.05) is 10.9 Å². The first-order valence-electron chi connectivity index (χ1n) is 6.17. The molecule has 0 unspecified atom stereocenters. The quantitative estimate of drug-likeness (QED) is 0.799. The summed E-state index contributed by atoms with van der Waals surface area (Å²) in [6.45, 7) is 4.19. The van der Waals surface area contributed by atoms with Crippen molar-refractivity contribution < 1.29 is 4.74 Å². The fourth-order valence-corrected chi connectivity index (χ4v) is 2.99. The van der Waals surface area contributed by atoms with E-state index in [2.05, 4.69) is 34.1 Å². The summed E-state index contributed by atoms with van der Waals surface area (Å²) in [6, 6.07) is 3.72. The summed E-state index contributed by atoms with van der Waals surface area (Å²) in [5.74, 6) is 1.40. The molecular formula is C14H14N4OS. The van der Waals surface area contributed by atoms with Crippen LogP contribution in [0.2, 0.25) is 0 Å². The second-order valence-corrected chi connectivity index (χ2v) is 5.60. The van der Waals surface area contributed by atoms with E-state index < -0.39 is 0 Å². The number of pyridine rings is 1. The molecule has 0 amide bonds. The zero-order chi connectivity index (χ0) is 14.1. The van der Waals surface area contributed by atoms with Gasteiger partial charge in [-0.1, -0.05) is 0 Å². The van der Waals surface area contributed by atoms with Crippen molar-refractivity contribution in [2.75, 3.05) is 12.4 Å². The van der Waals surface area contributed by atoms with Crippen LogP contribution < -0.4 is 10.1 Å². The van der Waals surface area contributed by atoms with Crippen LogP contribution in [-0.2, 0) is 0 Å². The first-order chi connectivity index (χ1) is 9.69. The highest BCUT2D eigenvalue weighted by molar-refractivity contribution is 7.18. The van der Waals surface area contributed by atoms with Crippen LogP contribution in [0.1, 0.15) is 10.4 Å². The van der Waals surface area contributed by atoms with Gasteiger partial charge in [0.1, 0.15) is 17.0 Å². The number of aryl methyl sites for hydroxylation is 2. The Morgan fingerprint density at radius 1 is 1.15 bits per heavy atom. The van der Waals surface area contributed by atoms with Crippen LogP contribution in [0.4, 0.5) is 11.5 Å². The Morgan fingerprint density at radius 3 is 2.70 bits per heavy atom. The van der Waals surface area contributed by atoms with E-state index in [1.807, 2.05) is 12.1 Å². The van der Waals surface area contributed by atoms with E-state index in [9.17, 15) is 0 Å². The third kappa shape index (κ3) is 2.18. The summed E-state index contributed by atoms with van der Waals surface area (Å²) >= 11 is 1.68. The number of nitrogens with one attached hydrogen (secondary N) is 1. The molecule has 1 N–H and O–H groups in total. The van der Waals surface area contributed by atoms with Gasteiger partial charge in [-0.25, -0.2) is 15.0 Å². The van der Waals surface area contributed by atoms with Gasteiger partial charge in [0.25, 0.3) is 0 Å². The molecule has 0 saturated heterocycles. The second-order valence-electron chi connectivity index (χ2n) is 4.40. The Hall–Kier alpha value is -2.21. The zero-order valence-electron chi connectivity index (χ0n) is 11.5. The SMILES string of the molecule is COc1ccc(Nc2ncnc3sc(C)c(C)c23)cn1. The van der Waals surface area contributed by atoms with Crippen LogP contribution in [0.3, 0.4) is 0 Å². The van der Waals surface area contributed by atoms with E-state index in [0.29, 0.717) is 5.88 Å². The lowest BCUT2D eigenvalue weighted by molar-refractivity contribution is 0.398. The van der Waals surface area contributed by atoms with Crippen molar-refractivity contribution in [1.29, 1.82) is 0 Å². The van der Waals surface area contributed by atoms with E-state index in [4.69, 9.17) is 4.74 Å². The smallest absolute Gasteiger partial charge is 0.213 e. The van der Waals surface area contributed by atoms with Gasteiger partial charge >= 0.3 is 0 Å². The predicted molar refractivity (Wildman–Crippen MR) is 81.0 cm³/mol. The molecule has 0 saturated carbocycles. The van der Waals surface area contributed by atoms with Gasteiger partial charge in [-0.05, 0) is 25.5 Å². The molecule has 0 fully saturated rings. The molecule has 0 aliphatic carbocycles. The number of nitrogens with zero attached hydrogens (tertiary/aromatic N) is 3. The van der Waals surface area contributed by atoms with E-state index in [1.54, 1.807) is 31.0 Å². The fourth-order valence-electron chi connectivity index (χ4n) is 1.99. The predicted octanol–water partition coefficient (Wildman–Crippen LogP) is 3.46. The lowest BCUT2D eigenvalue weighted by Crippen LogP contribution is -1.96. The van der Waals surface area contributed by atoms with E-state index in [0.717, 1.165) is 21.7 Å².